The first-order valence-corrected chi connectivity index (χ1v) is 7.06. The minimum Gasteiger partial charge on any atom is -0.469 e. The molecule has 1 aliphatic rings. The van der Waals surface area contributed by atoms with Crippen molar-refractivity contribution in [3.63, 3.8) is 0 Å². The van der Waals surface area contributed by atoms with Gasteiger partial charge in [-0.2, -0.15) is 0 Å². The molecule has 6 nitrogen and oxygen atoms in total. The quantitative estimate of drug-likeness (QED) is 0.697. The van der Waals surface area contributed by atoms with Crippen LogP contribution in [0.4, 0.5) is 0 Å². The Bertz CT molecular complexity index is 427. The van der Waals surface area contributed by atoms with Gasteiger partial charge in [-0.05, 0) is 12.8 Å². The molecule has 1 unspecified atom stereocenters. The Morgan fingerprint density at radius 2 is 2.50 bits per heavy atom. The number of imidazole rings is 1. The maximum absolute atomic E-state index is 11.3. The second kappa shape index (κ2) is 7.40. The van der Waals surface area contributed by atoms with Gasteiger partial charge in [-0.15, -0.1) is 0 Å². The van der Waals surface area contributed by atoms with E-state index in [1.165, 1.54) is 7.11 Å². The summed E-state index contributed by atoms with van der Waals surface area (Å²) in [6.45, 7) is 3.07. The first-order chi connectivity index (χ1) is 9.69. The summed E-state index contributed by atoms with van der Waals surface area (Å²) in [5.74, 6) is 0.815. The lowest BCUT2D eigenvalue weighted by Gasteiger charge is -2.24. The van der Waals surface area contributed by atoms with Crippen LogP contribution < -0.4 is 0 Å². The molecular formula is C14H23N3O3. The molecule has 0 amide bonds. The molecule has 1 aliphatic heterocycles. The van der Waals surface area contributed by atoms with E-state index >= 15 is 0 Å². The topological polar surface area (TPSA) is 56.6 Å². The van der Waals surface area contributed by atoms with Crippen LogP contribution in [-0.4, -0.2) is 53.3 Å². The summed E-state index contributed by atoms with van der Waals surface area (Å²) in [7, 11) is 3.40. The highest BCUT2D eigenvalue weighted by Gasteiger charge is 2.20. The van der Waals surface area contributed by atoms with Crippen LogP contribution in [0.3, 0.4) is 0 Å². The van der Waals surface area contributed by atoms with Crippen LogP contribution in [0.25, 0.3) is 0 Å². The van der Waals surface area contributed by atoms with Gasteiger partial charge in [-0.1, -0.05) is 0 Å². The van der Waals surface area contributed by atoms with Crippen LogP contribution in [0.2, 0.25) is 0 Å². The van der Waals surface area contributed by atoms with Crippen LogP contribution >= 0.6 is 0 Å². The minimum atomic E-state index is -0.179. The van der Waals surface area contributed by atoms with E-state index in [0.717, 1.165) is 38.4 Å². The van der Waals surface area contributed by atoms with Gasteiger partial charge in [-0.3, -0.25) is 9.69 Å². The fourth-order valence-corrected chi connectivity index (χ4v) is 2.41. The summed E-state index contributed by atoms with van der Waals surface area (Å²) in [4.78, 5) is 17.9. The van der Waals surface area contributed by atoms with Crippen molar-refractivity contribution in [1.29, 1.82) is 0 Å². The highest BCUT2D eigenvalue weighted by Crippen LogP contribution is 2.15. The van der Waals surface area contributed by atoms with Crippen molar-refractivity contribution in [3.05, 3.63) is 18.2 Å². The van der Waals surface area contributed by atoms with Gasteiger partial charge >= 0.3 is 5.97 Å². The maximum atomic E-state index is 11.3. The van der Waals surface area contributed by atoms with Gasteiger partial charge in [0.1, 0.15) is 5.82 Å². The van der Waals surface area contributed by atoms with Gasteiger partial charge in [-0.25, -0.2) is 4.98 Å². The summed E-state index contributed by atoms with van der Waals surface area (Å²) in [6.07, 6.45) is 6.61. The Morgan fingerprint density at radius 3 is 3.10 bits per heavy atom. The van der Waals surface area contributed by atoms with Crippen LogP contribution in [0.15, 0.2) is 12.4 Å². The molecule has 0 bridgehead atoms. The summed E-state index contributed by atoms with van der Waals surface area (Å²) in [5.41, 5.74) is 0. The number of nitrogens with zero attached hydrogens (tertiary/aromatic N) is 3. The number of rotatable bonds is 7. The molecule has 1 fully saturated rings. The van der Waals surface area contributed by atoms with E-state index in [9.17, 15) is 4.79 Å². The van der Waals surface area contributed by atoms with Gasteiger partial charge in [0.15, 0.2) is 0 Å². The molecular weight excluding hydrogens is 258 g/mol. The first kappa shape index (κ1) is 15.0. The third-order valence-electron chi connectivity index (χ3n) is 3.63. The normalized spacial score (nSPS) is 18.6. The molecule has 0 radical (unpaired) electrons. The molecule has 1 aromatic rings. The lowest BCUT2D eigenvalue weighted by atomic mass is 10.2. The molecule has 0 N–H and O–H groups in total. The van der Waals surface area contributed by atoms with Crippen LogP contribution in [-0.2, 0) is 27.9 Å². The van der Waals surface area contributed by atoms with E-state index in [2.05, 4.69) is 9.88 Å². The van der Waals surface area contributed by atoms with Crippen molar-refractivity contribution in [2.45, 2.75) is 31.9 Å². The predicted octanol–water partition coefficient (Wildman–Crippen LogP) is 0.964. The zero-order chi connectivity index (χ0) is 14.4. The van der Waals surface area contributed by atoms with Crippen molar-refractivity contribution in [2.24, 2.45) is 7.05 Å². The number of methoxy groups -OCH3 is 1. The Labute approximate surface area is 119 Å². The largest absolute Gasteiger partial charge is 0.469 e. The van der Waals surface area contributed by atoms with Gasteiger partial charge in [0.25, 0.3) is 0 Å². The molecule has 0 saturated carbocycles. The second-order valence-corrected chi connectivity index (χ2v) is 5.15. The Morgan fingerprint density at radius 1 is 1.65 bits per heavy atom. The van der Waals surface area contributed by atoms with Gasteiger partial charge in [0, 0.05) is 39.1 Å². The number of hydrogen-bond donors (Lipinski definition) is 0. The Kier molecular flexibility index (Phi) is 5.55. The number of aromatic nitrogens is 2. The van der Waals surface area contributed by atoms with E-state index in [1.54, 1.807) is 6.20 Å². The van der Waals surface area contributed by atoms with Crippen molar-refractivity contribution in [2.75, 3.05) is 26.8 Å². The van der Waals surface area contributed by atoms with E-state index < -0.39 is 0 Å². The zero-order valence-corrected chi connectivity index (χ0v) is 12.2. The molecule has 6 heteroatoms. The van der Waals surface area contributed by atoms with E-state index in [-0.39, 0.29) is 12.1 Å². The van der Waals surface area contributed by atoms with Gasteiger partial charge < -0.3 is 14.0 Å². The lowest BCUT2D eigenvalue weighted by molar-refractivity contribution is -0.141. The third kappa shape index (κ3) is 4.31. The summed E-state index contributed by atoms with van der Waals surface area (Å²) in [6, 6.07) is 0. The monoisotopic (exact) mass is 281 g/mol. The number of esters is 1. The molecule has 0 aromatic carbocycles. The van der Waals surface area contributed by atoms with E-state index in [0.29, 0.717) is 13.0 Å². The molecule has 1 saturated heterocycles. The molecule has 20 heavy (non-hydrogen) atoms. The average Bonchev–Trinajstić information content (AvgIpc) is 3.08. The third-order valence-corrected chi connectivity index (χ3v) is 3.63. The fourth-order valence-electron chi connectivity index (χ4n) is 2.41. The number of ether oxygens (including phenoxy) is 2. The Balaban J connectivity index is 1.91. The van der Waals surface area contributed by atoms with Crippen LogP contribution in [0, 0.1) is 0 Å². The number of carbonyl (C=O) groups excluding carboxylic acids is 1. The number of aryl methyl sites for hydroxylation is 1. The lowest BCUT2D eigenvalue weighted by Crippen LogP contribution is -2.34. The van der Waals surface area contributed by atoms with Crippen molar-refractivity contribution >= 4 is 5.97 Å². The highest BCUT2D eigenvalue weighted by atomic mass is 16.5. The van der Waals surface area contributed by atoms with Gasteiger partial charge in [0.05, 0.1) is 26.2 Å². The van der Waals surface area contributed by atoms with Crippen LogP contribution in [0.1, 0.15) is 25.1 Å². The van der Waals surface area contributed by atoms with Gasteiger partial charge in [0.2, 0.25) is 0 Å². The van der Waals surface area contributed by atoms with Crippen LogP contribution in [0.5, 0.6) is 0 Å². The maximum Gasteiger partial charge on any atom is 0.306 e. The zero-order valence-electron chi connectivity index (χ0n) is 12.2. The average molecular weight is 281 g/mol. The SMILES string of the molecule is COC(=O)CCN(Cc1nccn1C)CC1CCCO1. The van der Waals surface area contributed by atoms with Crippen molar-refractivity contribution < 1.29 is 14.3 Å². The summed E-state index contributed by atoms with van der Waals surface area (Å²) >= 11 is 0. The first-order valence-electron chi connectivity index (χ1n) is 7.06. The summed E-state index contributed by atoms with van der Waals surface area (Å²) in [5, 5.41) is 0. The molecule has 1 aromatic heterocycles. The number of carbonyl (C=O) groups is 1. The van der Waals surface area contributed by atoms with Crippen molar-refractivity contribution in [3.8, 4) is 0 Å². The summed E-state index contributed by atoms with van der Waals surface area (Å²) < 4.78 is 12.4. The highest BCUT2D eigenvalue weighted by molar-refractivity contribution is 5.69. The van der Waals surface area contributed by atoms with Crippen molar-refractivity contribution in [1.82, 2.24) is 14.5 Å². The standard InChI is InChI=1S/C14H23N3O3/c1-16-8-6-15-13(16)11-17(7-5-14(18)19-2)10-12-4-3-9-20-12/h6,8,12H,3-5,7,9-11H2,1-2H3. The van der Waals surface area contributed by atoms with E-state index in [4.69, 9.17) is 9.47 Å². The predicted molar refractivity (Wildman–Crippen MR) is 74.1 cm³/mol. The Hall–Kier alpha value is -1.40. The van der Waals surface area contributed by atoms with E-state index in [1.807, 2.05) is 17.8 Å². The molecule has 2 heterocycles. The molecule has 0 aliphatic carbocycles. The smallest absolute Gasteiger partial charge is 0.306 e. The minimum absolute atomic E-state index is 0.179. The molecule has 112 valence electrons. The number of hydrogen-bond acceptors (Lipinski definition) is 5. The molecule has 1 atom stereocenters. The molecule has 0 spiro atoms. The fraction of sp³-hybridized carbons (Fsp3) is 0.714. The molecule has 2 rings (SSSR count). The second-order valence-electron chi connectivity index (χ2n) is 5.15.